The van der Waals surface area contributed by atoms with E-state index in [1.165, 1.54) is 11.8 Å². The van der Waals surface area contributed by atoms with Crippen molar-refractivity contribution in [3.8, 4) is 0 Å². The molecule has 1 fully saturated rings. The van der Waals surface area contributed by atoms with Crippen molar-refractivity contribution in [3.63, 3.8) is 0 Å². The predicted molar refractivity (Wildman–Crippen MR) is 89.5 cm³/mol. The molecule has 1 rings (SSSR count). The number of carboxylic acids is 2. The van der Waals surface area contributed by atoms with Crippen molar-refractivity contribution in [1.82, 2.24) is 10.2 Å². The van der Waals surface area contributed by atoms with Crippen LogP contribution in [-0.4, -0.2) is 58.0 Å². The van der Waals surface area contributed by atoms with Gasteiger partial charge in [0.2, 0.25) is 11.8 Å². The van der Waals surface area contributed by atoms with Crippen LogP contribution in [0.2, 0.25) is 0 Å². The average molecular weight is 346 g/mol. The van der Waals surface area contributed by atoms with Crippen LogP contribution in [-0.2, 0) is 19.2 Å². The van der Waals surface area contributed by atoms with Gasteiger partial charge in [0, 0.05) is 12.5 Å². The maximum atomic E-state index is 12.1. The van der Waals surface area contributed by atoms with E-state index >= 15 is 0 Å². The fourth-order valence-corrected chi connectivity index (χ4v) is 2.22. The first-order valence-electron chi connectivity index (χ1n) is 8.34. The van der Waals surface area contributed by atoms with Gasteiger partial charge in [0.15, 0.2) is 0 Å². The van der Waals surface area contributed by atoms with Crippen molar-refractivity contribution in [2.75, 3.05) is 13.1 Å². The summed E-state index contributed by atoms with van der Waals surface area (Å²) in [4.78, 5) is 46.3. The molecule has 1 heterocycles. The third-order valence-electron chi connectivity index (χ3n) is 3.15. The molecule has 1 saturated heterocycles. The number of hydrogen-bond acceptors (Lipinski definition) is 4. The monoisotopic (exact) mass is 346 g/mol. The van der Waals surface area contributed by atoms with Crippen molar-refractivity contribution < 1.29 is 29.4 Å². The molecule has 2 atom stereocenters. The van der Waals surface area contributed by atoms with Crippen LogP contribution in [0.5, 0.6) is 0 Å². The minimum atomic E-state index is -1.16. The van der Waals surface area contributed by atoms with Crippen molar-refractivity contribution in [2.45, 2.75) is 59.9 Å². The summed E-state index contributed by atoms with van der Waals surface area (Å²) in [5.74, 6) is -3.84. The minimum Gasteiger partial charge on any atom is -0.481 e. The first kappa shape index (κ1) is 24.1. The Kier molecular flexibility index (Phi) is 13.4. The molecule has 0 saturated carbocycles. The number of nitrogens with one attached hydrogen (secondary N) is 1. The maximum absolute atomic E-state index is 12.1. The molecule has 0 aromatic heterocycles. The second-order valence-electron chi connectivity index (χ2n) is 4.80. The van der Waals surface area contributed by atoms with Gasteiger partial charge >= 0.3 is 11.9 Å². The Morgan fingerprint density at radius 1 is 1.08 bits per heavy atom. The van der Waals surface area contributed by atoms with Crippen LogP contribution in [0.1, 0.15) is 53.9 Å². The maximum Gasteiger partial charge on any atom is 0.322 e. The van der Waals surface area contributed by atoms with Crippen LogP contribution in [0, 0.1) is 5.92 Å². The van der Waals surface area contributed by atoms with Gasteiger partial charge in [0.05, 0.1) is 6.42 Å². The molecule has 0 radical (unpaired) electrons. The Hall–Kier alpha value is -2.12. The quantitative estimate of drug-likeness (QED) is 0.667. The number of nitrogens with zero attached hydrogens (tertiary/aromatic N) is 1. The number of rotatable bonds is 6. The number of carbonyl (C=O) groups excluding carboxylic acids is 2. The fraction of sp³-hybridized carbons (Fsp3) is 0.750. The lowest BCUT2D eigenvalue weighted by Crippen LogP contribution is -2.48. The summed E-state index contributed by atoms with van der Waals surface area (Å²) >= 11 is 0. The molecular weight excluding hydrogens is 316 g/mol. The molecule has 140 valence electrons. The zero-order valence-corrected chi connectivity index (χ0v) is 15.2. The van der Waals surface area contributed by atoms with E-state index in [1.54, 1.807) is 0 Å². The van der Waals surface area contributed by atoms with E-state index in [9.17, 15) is 19.2 Å². The summed E-state index contributed by atoms with van der Waals surface area (Å²) in [5, 5.41) is 19.4. The molecule has 2 amide bonds. The zero-order chi connectivity index (χ0) is 19.3. The molecule has 0 bridgehead atoms. The molecule has 0 aromatic rings. The molecule has 0 aliphatic carbocycles. The Morgan fingerprint density at radius 3 is 2.08 bits per heavy atom. The summed E-state index contributed by atoms with van der Waals surface area (Å²) in [6, 6.07) is -0.710. The molecule has 24 heavy (non-hydrogen) atoms. The van der Waals surface area contributed by atoms with E-state index < -0.39 is 36.4 Å². The number of aliphatic carboxylic acids is 2. The predicted octanol–water partition coefficient (Wildman–Crippen LogP) is 1.34. The summed E-state index contributed by atoms with van der Waals surface area (Å²) in [5.41, 5.74) is 0. The first-order chi connectivity index (χ1) is 11.3. The van der Waals surface area contributed by atoms with Crippen LogP contribution in [0.15, 0.2) is 0 Å². The van der Waals surface area contributed by atoms with Gasteiger partial charge in [-0.1, -0.05) is 34.6 Å². The van der Waals surface area contributed by atoms with Crippen LogP contribution in [0.25, 0.3) is 0 Å². The second-order valence-corrected chi connectivity index (χ2v) is 4.80. The van der Waals surface area contributed by atoms with Gasteiger partial charge in [0.1, 0.15) is 12.6 Å². The molecule has 0 spiro atoms. The highest BCUT2D eigenvalue weighted by atomic mass is 16.4. The van der Waals surface area contributed by atoms with Crippen molar-refractivity contribution in [3.05, 3.63) is 0 Å². The van der Waals surface area contributed by atoms with E-state index in [1.807, 2.05) is 27.7 Å². The fourth-order valence-electron chi connectivity index (χ4n) is 2.22. The number of likely N-dealkylation sites (tertiary alicyclic amines) is 1. The second kappa shape index (κ2) is 13.3. The third-order valence-corrected chi connectivity index (χ3v) is 3.15. The van der Waals surface area contributed by atoms with Gasteiger partial charge in [-0.3, -0.25) is 19.2 Å². The molecule has 1 aliphatic rings. The molecule has 8 heteroatoms. The Labute approximate surface area is 143 Å². The lowest BCUT2D eigenvalue weighted by molar-refractivity contribution is -0.146. The van der Waals surface area contributed by atoms with Crippen molar-refractivity contribution >= 4 is 23.8 Å². The van der Waals surface area contributed by atoms with E-state index in [0.29, 0.717) is 19.4 Å². The largest absolute Gasteiger partial charge is 0.481 e. The Balaban J connectivity index is 0. The summed E-state index contributed by atoms with van der Waals surface area (Å²) in [6.07, 6.45) is 0.798. The smallest absolute Gasteiger partial charge is 0.322 e. The SMILES string of the molecule is CC.CC.C[C@@H](CC(=O)O)C(=O)N1CCC[C@H]1C(=O)NCC(=O)O. The topological polar surface area (TPSA) is 124 Å². The van der Waals surface area contributed by atoms with Gasteiger partial charge < -0.3 is 20.4 Å². The highest BCUT2D eigenvalue weighted by molar-refractivity contribution is 5.91. The van der Waals surface area contributed by atoms with Crippen LogP contribution in [0.3, 0.4) is 0 Å². The molecular formula is C16H30N2O6. The highest BCUT2D eigenvalue weighted by Crippen LogP contribution is 2.21. The van der Waals surface area contributed by atoms with Crippen molar-refractivity contribution in [1.29, 1.82) is 0 Å². The summed E-state index contributed by atoms with van der Waals surface area (Å²) in [6.45, 7) is 9.39. The minimum absolute atomic E-state index is 0.293. The van der Waals surface area contributed by atoms with Crippen LogP contribution >= 0.6 is 0 Å². The number of carboxylic acid groups (broad SMARTS) is 2. The van der Waals surface area contributed by atoms with Crippen LogP contribution in [0.4, 0.5) is 0 Å². The van der Waals surface area contributed by atoms with Gasteiger partial charge in [0.25, 0.3) is 0 Å². The average Bonchev–Trinajstić information content (AvgIpc) is 3.04. The molecule has 8 nitrogen and oxygen atoms in total. The zero-order valence-electron chi connectivity index (χ0n) is 15.2. The normalized spacial score (nSPS) is 16.7. The first-order valence-corrected chi connectivity index (χ1v) is 8.34. The van der Waals surface area contributed by atoms with E-state index in [-0.39, 0.29) is 12.3 Å². The molecule has 1 aliphatic heterocycles. The van der Waals surface area contributed by atoms with Gasteiger partial charge in [-0.15, -0.1) is 0 Å². The number of hydrogen-bond donors (Lipinski definition) is 3. The lowest BCUT2D eigenvalue weighted by atomic mass is 10.1. The van der Waals surface area contributed by atoms with Gasteiger partial charge in [-0.05, 0) is 12.8 Å². The third kappa shape index (κ3) is 8.50. The van der Waals surface area contributed by atoms with Crippen LogP contribution < -0.4 is 5.32 Å². The lowest BCUT2D eigenvalue weighted by Gasteiger charge is -2.26. The van der Waals surface area contributed by atoms with E-state index in [0.717, 1.165) is 0 Å². The Morgan fingerprint density at radius 2 is 1.62 bits per heavy atom. The summed E-state index contributed by atoms with van der Waals surface area (Å²) in [7, 11) is 0. The number of amides is 2. The summed E-state index contributed by atoms with van der Waals surface area (Å²) < 4.78 is 0. The standard InChI is InChI=1S/C12H18N2O6.2C2H6/c1-7(5-9(15)16)12(20)14-4-2-3-8(14)11(19)13-6-10(17)18;2*1-2/h7-8H,2-6H2,1H3,(H,13,19)(H,15,16)(H,17,18);2*1-2H3/t7-,8-;;/m0../s1. The van der Waals surface area contributed by atoms with Gasteiger partial charge in [-0.25, -0.2) is 0 Å². The molecule has 0 aromatic carbocycles. The van der Waals surface area contributed by atoms with E-state index in [4.69, 9.17) is 10.2 Å². The van der Waals surface area contributed by atoms with E-state index in [2.05, 4.69) is 5.32 Å². The Bertz CT molecular complexity index is 425. The molecule has 0 unspecified atom stereocenters. The molecule has 3 N–H and O–H groups in total. The van der Waals surface area contributed by atoms with Crippen molar-refractivity contribution in [2.24, 2.45) is 5.92 Å². The van der Waals surface area contributed by atoms with Gasteiger partial charge in [-0.2, -0.15) is 0 Å². The number of carbonyl (C=O) groups is 4. The highest BCUT2D eigenvalue weighted by Gasteiger charge is 2.36.